The van der Waals surface area contributed by atoms with Crippen LogP contribution in [0.5, 0.6) is 0 Å². The Labute approximate surface area is 106 Å². The smallest absolute Gasteiger partial charge is 0.337 e. The Hall–Kier alpha value is -1.78. The minimum absolute atomic E-state index is 0.154. The number of carboxylic acids is 1. The molecular weight excluding hydrogens is 230 g/mol. The van der Waals surface area contributed by atoms with E-state index in [2.05, 4.69) is 9.88 Å². The van der Waals surface area contributed by atoms with E-state index in [1.54, 1.807) is 6.07 Å². The summed E-state index contributed by atoms with van der Waals surface area (Å²) in [6.07, 6.45) is 6.39. The summed E-state index contributed by atoms with van der Waals surface area (Å²) in [5.74, 6) is 0.535. The highest BCUT2D eigenvalue weighted by atomic mass is 16.4. The van der Waals surface area contributed by atoms with Gasteiger partial charge in [0.05, 0.1) is 17.4 Å². The normalized spacial score (nSPS) is 18.7. The molecule has 0 aliphatic heterocycles. The SMILES string of the molecule is Nc1cnc(N(CC2CC2)C2CC2)cc1C(=O)O. The van der Waals surface area contributed by atoms with Gasteiger partial charge in [-0.2, -0.15) is 0 Å². The van der Waals surface area contributed by atoms with Crippen molar-refractivity contribution < 1.29 is 9.90 Å². The molecule has 2 aliphatic carbocycles. The molecule has 0 spiro atoms. The van der Waals surface area contributed by atoms with Crippen LogP contribution in [0.15, 0.2) is 12.3 Å². The van der Waals surface area contributed by atoms with Crippen LogP contribution < -0.4 is 10.6 Å². The van der Waals surface area contributed by atoms with Gasteiger partial charge < -0.3 is 15.7 Å². The second-order valence-corrected chi connectivity index (χ2v) is 5.26. The average Bonchev–Trinajstić information content (AvgIpc) is 3.20. The van der Waals surface area contributed by atoms with E-state index in [0.717, 1.165) is 18.3 Å². The Morgan fingerprint density at radius 1 is 1.44 bits per heavy atom. The zero-order valence-corrected chi connectivity index (χ0v) is 10.2. The topological polar surface area (TPSA) is 79.5 Å². The second-order valence-electron chi connectivity index (χ2n) is 5.26. The van der Waals surface area contributed by atoms with Crippen LogP contribution >= 0.6 is 0 Å². The molecule has 0 amide bonds. The molecule has 0 aromatic carbocycles. The molecule has 96 valence electrons. The molecular formula is C13H17N3O2. The summed E-state index contributed by atoms with van der Waals surface area (Å²) in [6.45, 7) is 1.00. The summed E-state index contributed by atoms with van der Waals surface area (Å²) < 4.78 is 0. The fraction of sp³-hybridized carbons (Fsp3) is 0.538. The van der Waals surface area contributed by atoms with E-state index in [1.807, 2.05) is 0 Å². The first-order valence-corrected chi connectivity index (χ1v) is 6.40. The van der Waals surface area contributed by atoms with Crippen LogP contribution in [0.3, 0.4) is 0 Å². The lowest BCUT2D eigenvalue weighted by atomic mass is 10.2. The molecule has 0 atom stereocenters. The third kappa shape index (κ3) is 2.25. The van der Waals surface area contributed by atoms with Crippen molar-refractivity contribution in [3.05, 3.63) is 17.8 Å². The van der Waals surface area contributed by atoms with E-state index < -0.39 is 5.97 Å². The second kappa shape index (κ2) is 4.15. The maximum absolute atomic E-state index is 11.1. The number of hydrogen-bond donors (Lipinski definition) is 2. The fourth-order valence-electron chi connectivity index (χ4n) is 2.19. The first kappa shape index (κ1) is 11.3. The van der Waals surface area contributed by atoms with Crippen LogP contribution in [0.25, 0.3) is 0 Å². The van der Waals surface area contributed by atoms with Crippen molar-refractivity contribution in [2.24, 2.45) is 5.92 Å². The van der Waals surface area contributed by atoms with Crippen molar-refractivity contribution in [1.29, 1.82) is 0 Å². The highest BCUT2D eigenvalue weighted by Crippen LogP contribution is 2.37. The average molecular weight is 247 g/mol. The molecule has 0 saturated heterocycles. The van der Waals surface area contributed by atoms with Crippen molar-refractivity contribution >= 4 is 17.5 Å². The molecule has 5 heteroatoms. The van der Waals surface area contributed by atoms with Gasteiger partial charge in [-0.3, -0.25) is 0 Å². The minimum atomic E-state index is -0.988. The number of hydrogen-bond acceptors (Lipinski definition) is 4. The first-order valence-electron chi connectivity index (χ1n) is 6.40. The van der Waals surface area contributed by atoms with E-state index in [-0.39, 0.29) is 11.3 Å². The summed E-state index contributed by atoms with van der Waals surface area (Å²) in [6, 6.07) is 2.15. The van der Waals surface area contributed by atoms with E-state index in [0.29, 0.717) is 6.04 Å². The summed E-state index contributed by atoms with van der Waals surface area (Å²) in [4.78, 5) is 17.6. The number of carbonyl (C=O) groups is 1. The largest absolute Gasteiger partial charge is 0.478 e. The van der Waals surface area contributed by atoms with Crippen LogP contribution in [-0.4, -0.2) is 28.6 Å². The fourth-order valence-corrected chi connectivity index (χ4v) is 2.19. The Morgan fingerprint density at radius 3 is 2.72 bits per heavy atom. The third-order valence-corrected chi connectivity index (χ3v) is 3.58. The number of nitrogens with two attached hydrogens (primary N) is 1. The van der Waals surface area contributed by atoms with Crippen molar-refractivity contribution in [2.75, 3.05) is 17.2 Å². The first-order chi connectivity index (χ1) is 8.65. The van der Waals surface area contributed by atoms with Gasteiger partial charge in [-0.25, -0.2) is 9.78 Å². The zero-order chi connectivity index (χ0) is 12.7. The van der Waals surface area contributed by atoms with Gasteiger partial charge in [0.15, 0.2) is 0 Å². The molecule has 2 aliphatic rings. The van der Waals surface area contributed by atoms with E-state index in [1.165, 1.54) is 31.9 Å². The lowest BCUT2D eigenvalue weighted by Crippen LogP contribution is -2.29. The standard InChI is InChI=1S/C13H17N3O2/c14-11-6-15-12(5-10(11)13(17)18)16(9-3-4-9)7-8-1-2-8/h5-6,8-9H,1-4,7,14H2,(H,17,18). The molecule has 0 unspecified atom stereocenters. The summed E-state index contributed by atoms with van der Waals surface area (Å²) in [5, 5.41) is 9.09. The minimum Gasteiger partial charge on any atom is -0.478 e. The predicted octanol–water partition coefficient (Wildman–Crippen LogP) is 1.74. The van der Waals surface area contributed by atoms with Crippen molar-refractivity contribution in [3.8, 4) is 0 Å². The van der Waals surface area contributed by atoms with Gasteiger partial charge in [0.25, 0.3) is 0 Å². The number of aromatic carboxylic acids is 1. The number of aromatic nitrogens is 1. The number of carboxylic acid groups (broad SMARTS) is 1. The Bertz CT molecular complexity index is 481. The molecule has 1 heterocycles. The molecule has 0 bridgehead atoms. The third-order valence-electron chi connectivity index (χ3n) is 3.58. The predicted molar refractivity (Wildman–Crippen MR) is 68.7 cm³/mol. The highest BCUT2D eigenvalue weighted by molar-refractivity contribution is 5.94. The Kier molecular flexibility index (Phi) is 2.61. The van der Waals surface area contributed by atoms with E-state index in [9.17, 15) is 4.79 Å². The number of pyridine rings is 1. The monoisotopic (exact) mass is 247 g/mol. The Morgan fingerprint density at radius 2 is 2.17 bits per heavy atom. The van der Waals surface area contributed by atoms with Gasteiger partial charge in [-0.05, 0) is 37.7 Å². The molecule has 1 aromatic rings. The molecule has 3 rings (SSSR count). The highest BCUT2D eigenvalue weighted by Gasteiger charge is 2.34. The van der Waals surface area contributed by atoms with Crippen LogP contribution in [-0.2, 0) is 0 Å². The molecule has 2 saturated carbocycles. The molecule has 3 N–H and O–H groups in total. The molecule has 18 heavy (non-hydrogen) atoms. The molecule has 1 aromatic heterocycles. The van der Waals surface area contributed by atoms with Gasteiger partial charge in [-0.15, -0.1) is 0 Å². The van der Waals surface area contributed by atoms with Gasteiger partial charge in [-0.1, -0.05) is 0 Å². The molecule has 2 fully saturated rings. The Balaban J connectivity index is 1.88. The number of nitrogen functional groups attached to an aromatic ring is 1. The molecule has 0 radical (unpaired) electrons. The van der Waals surface area contributed by atoms with Gasteiger partial charge >= 0.3 is 5.97 Å². The summed E-state index contributed by atoms with van der Waals surface area (Å²) in [7, 11) is 0. The number of nitrogens with zero attached hydrogens (tertiary/aromatic N) is 2. The van der Waals surface area contributed by atoms with Crippen LogP contribution in [0, 0.1) is 5.92 Å². The number of rotatable bonds is 5. The van der Waals surface area contributed by atoms with Crippen LogP contribution in [0.1, 0.15) is 36.0 Å². The van der Waals surface area contributed by atoms with Crippen LogP contribution in [0.4, 0.5) is 11.5 Å². The van der Waals surface area contributed by atoms with E-state index in [4.69, 9.17) is 10.8 Å². The van der Waals surface area contributed by atoms with Crippen molar-refractivity contribution in [1.82, 2.24) is 4.98 Å². The van der Waals surface area contributed by atoms with Gasteiger partial charge in [0, 0.05) is 12.6 Å². The molecule has 5 nitrogen and oxygen atoms in total. The zero-order valence-electron chi connectivity index (χ0n) is 10.2. The summed E-state index contributed by atoms with van der Waals surface area (Å²) in [5.41, 5.74) is 6.02. The quantitative estimate of drug-likeness (QED) is 0.828. The maximum Gasteiger partial charge on any atom is 0.337 e. The van der Waals surface area contributed by atoms with Crippen LogP contribution in [0.2, 0.25) is 0 Å². The van der Waals surface area contributed by atoms with E-state index >= 15 is 0 Å². The summed E-state index contributed by atoms with van der Waals surface area (Å²) >= 11 is 0. The lowest BCUT2D eigenvalue weighted by Gasteiger charge is -2.23. The lowest BCUT2D eigenvalue weighted by molar-refractivity contribution is 0.0698. The van der Waals surface area contributed by atoms with Gasteiger partial charge in [0.2, 0.25) is 0 Å². The van der Waals surface area contributed by atoms with Gasteiger partial charge in [0.1, 0.15) is 5.82 Å². The maximum atomic E-state index is 11.1. The number of anilines is 2. The van der Waals surface area contributed by atoms with Crippen molar-refractivity contribution in [3.63, 3.8) is 0 Å². The van der Waals surface area contributed by atoms with Crippen molar-refractivity contribution in [2.45, 2.75) is 31.7 Å².